The quantitative estimate of drug-likeness (QED) is 0.520. The summed E-state index contributed by atoms with van der Waals surface area (Å²) in [4.78, 5) is 31.2. The highest BCUT2D eigenvalue weighted by atomic mass is 35.5. The van der Waals surface area contributed by atoms with Crippen LogP contribution in [0.15, 0.2) is 35.3 Å². The molecule has 1 aliphatic carbocycles. The number of nitrogens with zero attached hydrogens (tertiary/aromatic N) is 2. The number of halogens is 1. The van der Waals surface area contributed by atoms with Crippen LogP contribution in [0.5, 0.6) is 0 Å². The number of rotatable bonds is 3. The van der Waals surface area contributed by atoms with Gasteiger partial charge in [0, 0.05) is 24.9 Å². The van der Waals surface area contributed by atoms with Gasteiger partial charge in [-0.05, 0) is 5.56 Å². The summed E-state index contributed by atoms with van der Waals surface area (Å²) in [5.41, 5.74) is 9.25. The first-order valence-corrected chi connectivity index (χ1v) is 7.40. The first kappa shape index (κ1) is 16.2. The van der Waals surface area contributed by atoms with Gasteiger partial charge in [0.25, 0.3) is 5.56 Å². The van der Waals surface area contributed by atoms with Gasteiger partial charge >= 0.3 is 0 Å². The fraction of sp³-hybridized carbons (Fsp3) is 0.188. The Morgan fingerprint density at radius 1 is 1.38 bits per heavy atom. The van der Waals surface area contributed by atoms with Crippen molar-refractivity contribution in [3.05, 3.63) is 52.1 Å². The van der Waals surface area contributed by atoms with Gasteiger partial charge in [-0.25, -0.2) is 4.98 Å². The molecule has 4 rings (SSSR count). The summed E-state index contributed by atoms with van der Waals surface area (Å²) >= 11 is 0. The van der Waals surface area contributed by atoms with Gasteiger partial charge in [0.1, 0.15) is 5.82 Å². The van der Waals surface area contributed by atoms with Gasteiger partial charge in [-0.15, -0.1) is 12.4 Å². The normalized spacial score (nSPS) is 11.7. The predicted molar refractivity (Wildman–Crippen MR) is 93.6 cm³/mol. The number of imidazole rings is 1. The maximum atomic E-state index is 12.3. The fourth-order valence-corrected chi connectivity index (χ4v) is 3.05. The van der Waals surface area contributed by atoms with E-state index in [1.165, 1.54) is 6.20 Å². The molecule has 0 atom stereocenters. The number of benzene rings is 1. The molecule has 0 unspecified atom stereocenters. The van der Waals surface area contributed by atoms with E-state index in [1.54, 1.807) is 4.40 Å². The lowest BCUT2D eigenvalue weighted by Gasteiger charge is -2.08. The largest absolute Gasteiger partial charge is 0.330 e. The molecule has 2 aromatic heterocycles. The average Bonchev–Trinajstić information content (AvgIpc) is 3.10. The lowest BCUT2D eigenvalue weighted by atomic mass is 10.1. The molecule has 0 radical (unpaired) electrons. The van der Waals surface area contributed by atoms with Gasteiger partial charge in [0.2, 0.25) is 11.6 Å². The molecular formula is C16H16ClN5O2. The topological polar surface area (TPSA) is 105 Å². The van der Waals surface area contributed by atoms with Crippen molar-refractivity contribution < 1.29 is 4.79 Å². The van der Waals surface area contributed by atoms with E-state index in [0.717, 1.165) is 22.5 Å². The van der Waals surface area contributed by atoms with Crippen molar-refractivity contribution >= 4 is 29.8 Å². The predicted octanol–water partition coefficient (Wildman–Crippen LogP) is 1.30. The van der Waals surface area contributed by atoms with Crippen LogP contribution in [-0.2, 0) is 11.2 Å². The van der Waals surface area contributed by atoms with Gasteiger partial charge in [-0.2, -0.15) is 0 Å². The SMILES string of the molecule is Cl.NCCC(=O)Nc1cnc2c(=O)[nH]c3c(n12)Cc1ccccc1-3. The number of H-pyrrole nitrogens is 1. The molecule has 7 nitrogen and oxygen atoms in total. The first-order chi connectivity index (χ1) is 11.2. The van der Waals surface area contributed by atoms with E-state index < -0.39 is 0 Å². The number of nitrogens with one attached hydrogen (secondary N) is 2. The van der Waals surface area contributed by atoms with Crippen LogP contribution in [0, 0.1) is 0 Å². The number of carbonyl (C=O) groups is 1. The highest BCUT2D eigenvalue weighted by molar-refractivity contribution is 5.90. The van der Waals surface area contributed by atoms with Gasteiger partial charge < -0.3 is 16.0 Å². The summed E-state index contributed by atoms with van der Waals surface area (Å²) in [6.07, 6.45) is 2.40. The number of hydrogen-bond acceptors (Lipinski definition) is 4. The zero-order chi connectivity index (χ0) is 16.0. The van der Waals surface area contributed by atoms with Crippen LogP contribution >= 0.6 is 12.4 Å². The highest BCUT2D eigenvalue weighted by Gasteiger charge is 2.24. The minimum Gasteiger partial charge on any atom is -0.330 e. The standard InChI is InChI=1S/C16H15N5O2.ClH/c17-6-5-13(22)19-12-8-18-15-16(23)20-14-10-4-2-1-3-9(10)7-11(14)21(12)15;/h1-4,8H,5-7,17H2,(H,19,22)(H,20,23);1H. The summed E-state index contributed by atoms with van der Waals surface area (Å²) in [6.45, 7) is 0.271. The summed E-state index contributed by atoms with van der Waals surface area (Å²) in [6, 6.07) is 7.92. The number of nitrogens with two attached hydrogens (primary N) is 1. The van der Waals surface area contributed by atoms with Gasteiger partial charge in [-0.1, -0.05) is 24.3 Å². The molecule has 4 N–H and O–H groups in total. The zero-order valence-corrected chi connectivity index (χ0v) is 13.5. The van der Waals surface area contributed by atoms with E-state index in [0.29, 0.717) is 12.2 Å². The lowest BCUT2D eigenvalue weighted by Crippen LogP contribution is -2.19. The van der Waals surface area contributed by atoms with Crippen molar-refractivity contribution in [2.24, 2.45) is 5.73 Å². The Labute approximate surface area is 143 Å². The van der Waals surface area contributed by atoms with Crippen molar-refractivity contribution in [3.8, 4) is 11.3 Å². The van der Waals surface area contributed by atoms with E-state index >= 15 is 0 Å². The molecule has 3 aromatic rings. The zero-order valence-electron chi connectivity index (χ0n) is 12.7. The van der Waals surface area contributed by atoms with E-state index in [2.05, 4.69) is 15.3 Å². The number of carbonyl (C=O) groups excluding carboxylic acids is 1. The molecule has 1 aliphatic rings. The third kappa shape index (κ3) is 2.38. The molecule has 1 aromatic carbocycles. The molecule has 0 saturated heterocycles. The minimum atomic E-state index is -0.278. The van der Waals surface area contributed by atoms with E-state index in [4.69, 9.17) is 5.73 Å². The molecule has 8 heteroatoms. The van der Waals surface area contributed by atoms with Crippen molar-refractivity contribution in [1.29, 1.82) is 0 Å². The van der Waals surface area contributed by atoms with E-state index in [9.17, 15) is 9.59 Å². The number of aromatic nitrogens is 3. The Kier molecular flexibility index (Phi) is 4.13. The Morgan fingerprint density at radius 3 is 2.96 bits per heavy atom. The molecule has 0 fully saturated rings. The molecule has 0 aliphatic heterocycles. The van der Waals surface area contributed by atoms with E-state index in [1.807, 2.05) is 24.3 Å². The second-order valence-corrected chi connectivity index (χ2v) is 5.50. The van der Waals surface area contributed by atoms with E-state index in [-0.39, 0.29) is 42.5 Å². The lowest BCUT2D eigenvalue weighted by molar-refractivity contribution is -0.116. The van der Waals surface area contributed by atoms with Crippen LogP contribution in [0.4, 0.5) is 5.82 Å². The fourth-order valence-electron chi connectivity index (χ4n) is 3.05. The number of fused-ring (bicyclic) bond motifs is 5. The molecule has 24 heavy (non-hydrogen) atoms. The first-order valence-electron chi connectivity index (χ1n) is 7.40. The summed E-state index contributed by atoms with van der Waals surface area (Å²) in [5, 5.41) is 2.78. The Morgan fingerprint density at radius 2 is 2.17 bits per heavy atom. The van der Waals surface area contributed by atoms with Gasteiger partial charge in [0.15, 0.2) is 0 Å². The maximum Gasteiger partial charge on any atom is 0.292 e. The molecule has 1 amide bonds. The summed E-state index contributed by atoms with van der Waals surface area (Å²) < 4.78 is 1.72. The smallest absolute Gasteiger partial charge is 0.292 e. The second-order valence-electron chi connectivity index (χ2n) is 5.50. The van der Waals surface area contributed by atoms with Crippen LogP contribution in [0.2, 0.25) is 0 Å². The monoisotopic (exact) mass is 345 g/mol. The van der Waals surface area contributed by atoms with Crippen molar-refractivity contribution in [1.82, 2.24) is 14.4 Å². The summed E-state index contributed by atoms with van der Waals surface area (Å²) in [7, 11) is 0. The van der Waals surface area contributed by atoms with Crippen molar-refractivity contribution in [2.45, 2.75) is 12.8 Å². The molecule has 0 saturated carbocycles. The molecule has 0 bridgehead atoms. The van der Waals surface area contributed by atoms with Crippen molar-refractivity contribution in [2.75, 3.05) is 11.9 Å². The number of aromatic amines is 1. The van der Waals surface area contributed by atoms with Crippen molar-refractivity contribution in [3.63, 3.8) is 0 Å². The Balaban J connectivity index is 0.00000169. The maximum absolute atomic E-state index is 12.3. The highest BCUT2D eigenvalue weighted by Crippen LogP contribution is 2.35. The minimum absolute atomic E-state index is 0. The second kappa shape index (κ2) is 6.10. The third-order valence-electron chi connectivity index (χ3n) is 4.05. The van der Waals surface area contributed by atoms with Crippen LogP contribution in [0.3, 0.4) is 0 Å². The van der Waals surface area contributed by atoms with Crippen LogP contribution in [-0.4, -0.2) is 26.8 Å². The number of amides is 1. The van der Waals surface area contributed by atoms with Gasteiger partial charge in [-0.3, -0.25) is 14.0 Å². The van der Waals surface area contributed by atoms with Crippen LogP contribution in [0.25, 0.3) is 16.9 Å². The molecule has 124 valence electrons. The summed E-state index contributed by atoms with van der Waals surface area (Å²) in [5.74, 6) is 0.299. The number of anilines is 1. The number of hydrogen-bond donors (Lipinski definition) is 3. The average molecular weight is 346 g/mol. The Bertz CT molecular complexity index is 992. The van der Waals surface area contributed by atoms with Crippen LogP contribution < -0.4 is 16.6 Å². The van der Waals surface area contributed by atoms with Gasteiger partial charge in [0.05, 0.1) is 17.6 Å². The molecule has 2 heterocycles. The van der Waals surface area contributed by atoms with Crippen LogP contribution in [0.1, 0.15) is 17.7 Å². The Hall–Kier alpha value is -2.64. The third-order valence-corrected chi connectivity index (χ3v) is 4.05. The molecular weight excluding hydrogens is 330 g/mol. The molecule has 0 spiro atoms.